The summed E-state index contributed by atoms with van der Waals surface area (Å²) in [5.74, 6) is 0.133. The number of halogens is 3. The lowest BCUT2D eigenvalue weighted by atomic mass is 9.96. The Bertz CT molecular complexity index is 4350. The Morgan fingerprint density at radius 3 is 1.31 bits per heavy atom. The molecule has 7 aromatic carbocycles. The molecule has 3 unspecified atom stereocenters. The third kappa shape index (κ3) is 11.3. The first-order valence-corrected chi connectivity index (χ1v) is 26.8. The Labute approximate surface area is 487 Å². The van der Waals surface area contributed by atoms with Gasteiger partial charge in [0.25, 0.3) is 11.8 Å². The van der Waals surface area contributed by atoms with Crippen LogP contribution in [-0.2, 0) is 0 Å². The highest BCUT2D eigenvalue weighted by Gasteiger charge is 2.40. The summed E-state index contributed by atoms with van der Waals surface area (Å²) >= 11 is 0. The van der Waals surface area contributed by atoms with Gasteiger partial charge >= 0.3 is 0 Å². The molecule has 11 aromatic rings. The number of benzene rings is 7. The van der Waals surface area contributed by atoms with Crippen LogP contribution in [0.3, 0.4) is 0 Å². The first-order valence-electron chi connectivity index (χ1n) is 26.8. The van der Waals surface area contributed by atoms with Gasteiger partial charge in [-0.3, -0.25) is 19.5 Å². The van der Waals surface area contributed by atoms with E-state index >= 15 is 0 Å². The Morgan fingerprint density at radius 1 is 0.529 bits per heavy atom. The summed E-state index contributed by atoms with van der Waals surface area (Å²) in [5.41, 5.74) is 21.3. The van der Waals surface area contributed by atoms with Crippen LogP contribution in [-0.4, -0.2) is 63.0 Å². The van der Waals surface area contributed by atoms with E-state index in [0.717, 1.165) is 33.5 Å². The number of nitrogens with one attached hydrogen (secondary N) is 1. The number of carbonyl (C=O) groups excluding carboxylic acids is 2. The number of rotatable bonds is 12. The van der Waals surface area contributed by atoms with Crippen LogP contribution in [0.1, 0.15) is 82.3 Å². The molecule has 4 aromatic heterocycles. The van der Waals surface area contributed by atoms with Crippen molar-refractivity contribution in [3.63, 3.8) is 0 Å². The highest BCUT2D eigenvalue weighted by molar-refractivity contribution is 6.21. The molecule has 0 spiro atoms. The van der Waals surface area contributed by atoms with Crippen molar-refractivity contribution in [2.75, 3.05) is 32.4 Å². The standard InChI is InChI=1S/C26H19FN2O3.C23H19FN6O.C18H17FN2O/c1-15(29-25(30)18-10-6-7-11-19(18)26(29)31)23-22(16-8-4-3-5-9-16)24(32-2)20-14-17(27)12-13-21(20)28-23;1-13(29-23-17(11-25)22(26)27-12-28-23)20-19(14-6-4-3-5-7-14)21(31-2)16-10-15(24)8-9-18(16)30-20;1-11(20)17-16(12-6-4-3-5-7-12)18(22-2)14-10-13(19)8-9-15(14)21-17/h3-15H,1-2H3;3-10,12-13H,1-2H3,(H3,26,27,28,29);3-11H,20H2,1-2H3. The maximum Gasteiger partial charge on any atom is 0.262 e. The molecule has 0 aliphatic carbocycles. The van der Waals surface area contributed by atoms with E-state index in [0.29, 0.717) is 83.9 Å². The molecule has 0 bridgehead atoms. The molecule has 0 fully saturated rings. The third-order valence-corrected chi connectivity index (χ3v) is 14.4. The SMILES string of the molecule is COc1c(-c2ccccc2)c(C(C)N)nc2ccc(F)cc12.COc1c(-c2ccccc2)c(C(C)N2C(=O)c3ccccc3C2=O)nc2ccc(F)cc12.COc1c(-c2ccccc2)c(C(C)Nc2ncnc(N)c2C#N)nc2ccc(F)cc12. The Kier molecular flexibility index (Phi) is 16.7. The first kappa shape index (κ1) is 57.5. The summed E-state index contributed by atoms with van der Waals surface area (Å²) in [7, 11) is 4.65. The number of hydrogen-bond donors (Lipinski definition) is 3. The van der Waals surface area contributed by atoms with Crippen molar-refractivity contribution in [2.24, 2.45) is 5.73 Å². The van der Waals surface area contributed by atoms with Crippen LogP contribution in [0.4, 0.5) is 24.8 Å². The number of hydrogen-bond acceptors (Lipinski definition) is 14. The number of imide groups is 1. The van der Waals surface area contributed by atoms with Gasteiger partial charge in [0.2, 0.25) is 0 Å². The van der Waals surface area contributed by atoms with E-state index in [1.807, 2.05) is 111 Å². The number of nitrogen functional groups attached to an aromatic ring is 1. The van der Waals surface area contributed by atoms with Crippen LogP contribution in [0, 0.1) is 28.8 Å². The predicted octanol–water partition coefficient (Wildman–Crippen LogP) is 13.9. The summed E-state index contributed by atoms with van der Waals surface area (Å²) in [6, 6.07) is 49.4. The van der Waals surface area contributed by atoms with Crippen molar-refractivity contribution in [2.45, 2.75) is 38.9 Å². The van der Waals surface area contributed by atoms with E-state index in [2.05, 4.69) is 20.3 Å². The maximum atomic E-state index is 14.1. The van der Waals surface area contributed by atoms with E-state index in [1.165, 1.54) is 54.7 Å². The van der Waals surface area contributed by atoms with Crippen LogP contribution in [0.5, 0.6) is 17.2 Å². The fraction of sp³-hybridized carbons (Fsp3) is 0.134. The van der Waals surface area contributed by atoms with Crippen molar-refractivity contribution in [1.82, 2.24) is 29.8 Å². The van der Waals surface area contributed by atoms with Gasteiger partial charge in [0.15, 0.2) is 0 Å². The molecule has 0 radical (unpaired) electrons. The maximum absolute atomic E-state index is 14.1. The van der Waals surface area contributed by atoms with E-state index < -0.39 is 11.9 Å². The quantitative estimate of drug-likeness (QED) is 0.0970. The zero-order valence-electron chi connectivity index (χ0n) is 46.9. The van der Waals surface area contributed by atoms with Gasteiger partial charge in [-0.15, -0.1) is 0 Å². The lowest BCUT2D eigenvalue weighted by Gasteiger charge is -2.26. The number of nitriles is 1. The molecule has 0 saturated carbocycles. The number of anilines is 2. The van der Waals surface area contributed by atoms with Gasteiger partial charge < -0.3 is 31.0 Å². The molecule has 12 rings (SSSR count). The second-order valence-corrected chi connectivity index (χ2v) is 19.7. The summed E-state index contributed by atoms with van der Waals surface area (Å²) < 4.78 is 58.8. The highest BCUT2D eigenvalue weighted by atomic mass is 19.1. The number of ether oxygens (including phenoxy) is 3. The summed E-state index contributed by atoms with van der Waals surface area (Å²) in [6.45, 7) is 5.54. The Hall–Kier alpha value is -10.8. The molecule has 85 heavy (non-hydrogen) atoms. The molecule has 3 atom stereocenters. The average Bonchev–Trinajstić information content (AvgIpc) is 2.42. The van der Waals surface area contributed by atoms with Gasteiger partial charge in [0.1, 0.15) is 64.3 Å². The molecular weight excluding hydrogens is 1080 g/mol. The second kappa shape index (κ2) is 24.8. The number of fused-ring (bicyclic) bond motifs is 4. The lowest BCUT2D eigenvalue weighted by Crippen LogP contribution is -2.33. The Balaban J connectivity index is 0.000000144. The smallest absolute Gasteiger partial charge is 0.262 e. The summed E-state index contributed by atoms with van der Waals surface area (Å²) in [4.78, 5) is 49.7. The molecule has 1 aliphatic heterocycles. The third-order valence-electron chi connectivity index (χ3n) is 14.4. The van der Waals surface area contributed by atoms with E-state index in [4.69, 9.17) is 35.6 Å². The van der Waals surface area contributed by atoms with Gasteiger partial charge in [-0.2, -0.15) is 5.26 Å². The topological polar surface area (TPSA) is 217 Å². The molecule has 15 nitrogen and oxygen atoms in total. The molecule has 0 saturated heterocycles. The number of nitrogens with zero attached hydrogens (tertiary/aromatic N) is 7. The predicted molar refractivity (Wildman–Crippen MR) is 322 cm³/mol. The van der Waals surface area contributed by atoms with E-state index in [9.17, 15) is 28.0 Å². The molecule has 424 valence electrons. The van der Waals surface area contributed by atoms with E-state index in [-0.39, 0.29) is 46.9 Å². The van der Waals surface area contributed by atoms with Crippen molar-refractivity contribution < 1.29 is 37.0 Å². The summed E-state index contributed by atoms with van der Waals surface area (Å²) in [6.07, 6.45) is 1.29. The van der Waals surface area contributed by atoms with Crippen LogP contribution < -0.4 is 31.0 Å². The van der Waals surface area contributed by atoms with Gasteiger partial charge in [-0.25, -0.2) is 33.1 Å². The summed E-state index contributed by atoms with van der Waals surface area (Å²) in [5, 5.41) is 14.4. The van der Waals surface area contributed by atoms with Crippen LogP contribution in [0.25, 0.3) is 66.1 Å². The van der Waals surface area contributed by atoms with Gasteiger partial charge in [-0.05, 0) is 104 Å². The number of pyridine rings is 3. The van der Waals surface area contributed by atoms with Crippen LogP contribution in [0.2, 0.25) is 0 Å². The largest absolute Gasteiger partial charge is 0.495 e. The highest BCUT2D eigenvalue weighted by Crippen LogP contribution is 2.45. The number of aromatic nitrogens is 5. The molecule has 18 heteroatoms. The first-order chi connectivity index (χ1) is 41.1. The van der Waals surface area contributed by atoms with Crippen molar-refractivity contribution in [3.8, 4) is 56.7 Å². The average molecular weight is 1140 g/mol. The minimum atomic E-state index is -0.680. The monoisotopic (exact) mass is 1140 g/mol. The van der Waals surface area contributed by atoms with Gasteiger partial charge in [0.05, 0.1) is 78.2 Å². The fourth-order valence-electron chi connectivity index (χ4n) is 10.5. The number of amides is 2. The number of nitrogens with two attached hydrogens (primary N) is 2. The van der Waals surface area contributed by atoms with Crippen molar-refractivity contribution in [3.05, 3.63) is 227 Å². The number of carbonyl (C=O) groups is 2. The molecule has 5 heterocycles. The van der Waals surface area contributed by atoms with Gasteiger partial charge in [0, 0.05) is 38.9 Å². The second-order valence-electron chi connectivity index (χ2n) is 19.7. The zero-order chi connectivity index (χ0) is 60.1. The van der Waals surface area contributed by atoms with Gasteiger partial charge in [-0.1, -0.05) is 103 Å². The number of methoxy groups -OCH3 is 3. The van der Waals surface area contributed by atoms with Crippen LogP contribution in [0.15, 0.2) is 176 Å². The van der Waals surface area contributed by atoms with E-state index in [1.54, 1.807) is 63.6 Å². The van der Waals surface area contributed by atoms with Crippen molar-refractivity contribution >= 4 is 56.2 Å². The molecule has 2 amide bonds. The normalized spacial score (nSPS) is 12.7. The van der Waals surface area contributed by atoms with Crippen molar-refractivity contribution in [1.29, 1.82) is 5.26 Å². The van der Waals surface area contributed by atoms with Crippen LogP contribution >= 0.6 is 0 Å². The molecule has 5 N–H and O–H groups in total. The molecular formula is C67H55F3N10O5. The minimum Gasteiger partial charge on any atom is -0.495 e. The molecule has 1 aliphatic rings. The Morgan fingerprint density at radius 2 is 0.906 bits per heavy atom. The lowest BCUT2D eigenvalue weighted by molar-refractivity contribution is 0.0592. The minimum absolute atomic E-state index is 0.0926. The zero-order valence-corrected chi connectivity index (χ0v) is 46.9. The fourth-order valence-corrected chi connectivity index (χ4v) is 10.5.